The largest absolute Gasteiger partial charge is 0.495 e. The van der Waals surface area contributed by atoms with Crippen LogP contribution in [0.25, 0.3) is 0 Å². The summed E-state index contributed by atoms with van der Waals surface area (Å²) in [5.74, 6) is 0.501. The number of amides is 2. The van der Waals surface area contributed by atoms with Crippen molar-refractivity contribution in [2.24, 2.45) is 0 Å². The predicted octanol–water partition coefficient (Wildman–Crippen LogP) is 3.24. The van der Waals surface area contributed by atoms with Gasteiger partial charge in [0.15, 0.2) is 0 Å². The van der Waals surface area contributed by atoms with Crippen LogP contribution in [0.2, 0.25) is 0 Å². The van der Waals surface area contributed by atoms with E-state index in [1.54, 1.807) is 24.4 Å². The van der Waals surface area contributed by atoms with Gasteiger partial charge in [-0.2, -0.15) is 10.4 Å². The van der Waals surface area contributed by atoms with Crippen molar-refractivity contribution in [3.8, 4) is 11.8 Å². The van der Waals surface area contributed by atoms with Gasteiger partial charge in [-0.25, -0.2) is 4.79 Å². The molecule has 136 valence electrons. The van der Waals surface area contributed by atoms with Crippen LogP contribution < -0.4 is 10.1 Å². The number of hydrogen-bond donors (Lipinski definition) is 1. The smallest absolute Gasteiger partial charge is 0.322 e. The number of nitriles is 1. The molecule has 1 aliphatic heterocycles. The maximum Gasteiger partial charge on any atom is 0.322 e. The summed E-state index contributed by atoms with van der Waals surface area (Å²) in [4.78, 5) is 14.7. The molecule has 1 saturated heterocycles. The molecule has 3 rings (SSSR count). The maximum absolute atomic E-state index is 12.8. The quantitative estimate of drug-likeness (QED) is 0.894. The Balaban J connectivity index is 1.65. The molecule has 1 aliphatic rings. The van der Waals surface area contributed by atoms with Crippen molar-refractivity contribution in [1.29, 1.82) is 5.26 Å². The molecule has 7 heteroatoms. The van der Waals surface area contributed by atoms with Gasteiger partial charge in [0.25, 0.3) is 0 Å². The Hall–Kier alpha value is -3.01. The molecule has 1 aromatic heterocycles. The van der Waals surface area contributed by atoms with Gasteiger partial charge < -0.3 is 15.0 Å². The van der Waals surface area contributed by atoms with Crippen LogP contribution in [0.1, 0.15) is 31.2 Å². The van der Waals surface area contributed by atoms with Gasteiger partial charge in [0.1, 0.15) is 11.8 Å². The Labute approximate surface area is 153 Å². The van der Waals surface area contributed by atoms with Gasteiger partial charge in [0.2, 0.25) is 0 Å². The van der Waals surface area contributed by atoms with Crippen LogP contribution in [-0.4, -0.2) is 40.4 Å². The highest BCUT2D eigenvalue weighted by atomic mass is 16.5. The minimum atomic E-state index is -0.121. The molecule has 26 heavy (non-hydrogen) atoms. The second-order valence-electron chi connectivity index (χ2n) is 6.36. The fourth-order valence-corrected chi connectivity index (χ4v) is 3.35. The van der Waals surface area contributed by atoms with E-state index in [9.17, 15) is 10.1 Å². The van der Waals surface area contributed by atoms with E-state index in [4.69, 9.17) is 4.74 Å². The Kier molecular flexibility index (Phi) is 5.74. The molecule has 1 aromatic carbocycles. The Morgan fingerprint density at radius 3 is 3.08 bits per heavy atom. The minimum Gasteiger partial charge on any atom is -0.495 e. The standard InChI is InChI=1S/C19H23N5O2/c1-26-18-7-6-16(13-15(18)14-20)22-19(25)24-11-3-2-5-17(24)8-12-23-10-4-9-21-23/h4,6-7,9-10,13,17H,2-3,5,8,11-12H2,1H3,(H,22,25). The first kappa shape index (κ1) is 17.8. The topological polar surface area (TPSA) is 83.2 Å². The lowest BCUT2D eigenvalue weighted by molar-refractivity contribution is 0.154. The number of benzene rings is 1. The normalized spacial score (nSPS) is 16.8. The number of methoxy groups -OCH3 is 1. The number of piperidine rings is 1. The van der Waals surface area contributed by atoms with Crippen LogP contribution in [0.5, 0.6) is 5.75 Å². The number of aromatic nitrogens is 2. The van der Waals surface area contributed by atoms with Crippen molar-refractivity contribution in [3.05, 3.63) is 42.2 Å². The molecule has 7 nitrogen and oxygen atoms in total. The lowest BCUT2D eigenvalue weighted by Crippen LogP contribution is -2.46. The van der Waals surface area contributed by atoms with Crippen LogP contribution in [0.3, 0.4) is 0 Å². The van der Waals surface area contributed by atoms with Gasteiger partial charge in [-0.3, -0.25) is 4.68 Å². The van der Waals surface area contributed by atoms with E-state index in [1.807, 2.05) is 21.8 Å². The number of anilines is 1. The molecular formula is C19H23N5O2. The number of aryl methyl sites for hydroxylation is 1. The van der Waals surface area contributed by atoms with Crippen LogP contribution in [0, 0.1) is 11.3 Å². The zero-order chi connectivity index (χ0) is 18.4. The zero-order valence-electron chi connectivity index (χ0n) is 14.9. The lowest BCUT2D eigenvalue weighted by atomic mass is 10.00. The average Bonchev–Trinajstić information content (AvgIpc) is 3.20. The first-order chi connectivity index (χ1) is 12.7. The van der Waals surface area contributed by atoms with Gasteiger partial charge in [-0.15, -0.1) is 0 Å². The minimum absolute atomic E-state index is 0.121. The number of rotatable bonds is 5. The molecule has 0 radical (unpaired) electrons. The number of urea groups is 1. The third kappa shape index (κ3) is 4.14. The van der Waals surface area contributed by atoms with Crippen LogP contribution in [-0.2, 0) is 6.54 Å². The third-order valence-electron chi connectivity index (χ3n) is 4.71. The highest BCUT2D eigenvalue weighted by Crippen LogP contribution is 2.24. The number of nitrogens with zero attached hydrogens (tertiary/aromatic N) is 4. The molecule has 1 fully saturated rings. The third-order valence-corrected chi connectivity index (χ3v) is 4.71. The summed E-state index contributed by atoms with van der Waals surface area (Å²) in [6, 6.07) is 9.15. The van der Waals surface area contributed by atoms with Crippen molar-refractivity contribution in [2.45, 2.75) is 38.3 Å². The zero-order valence-corrected chi connectivity index (χ0v) is 14.9. The summed E-state index contributed by atoms with van der Waals surface area (Å²) in [6.45, 7) is 1.54. The van der Waals surface area contributed by atoms with E-state index in [-0.39, 0.29) is 12.1 Å². The van der Waals surface area contributed by atoms with Crippen LogP contribution >= 0.6 is 0 Å². The number of carbonyl (C=O) groups excluding carboxylic acids is 1. The Morgan fingerprint density at radius 2 is 2.35 bits per heavy atom. The van der Waals surface area contributed by atoms with Gasteiger partial charge in [0.05, 0.1) is 12.7 Å². The molecule has 0 aliphatic carbocycles. The molecule has 0 spiro atoms. The van der Waals surface area contributed by atoms with Gasteiger partial charge in [-0.1, -0.05) is 0 Å². The van der Waals surface area contributed by atoms with Crippen molar-refractivity contribution >= 4 is 11.7 Å². The first-order valence-corrected chi connectivity index (χ1v) is 8.84. The number of hydrogen-bond acceptors (Lipinski definition) is 4. The van der Waals surface area contributed by atoms with Crippen LogP contribution in [0.15, 0.2) is 36.7 Å². The average molecular weight is 353 g/mol. The first-order valence-electron chi connectivity index (χ1n) is 8.84. The Morgan fingerprint density at radius 1 is 1.46 bits per heavy atom. The van der Waals surface area contributed by atoms with E-state index >= 15 is 0 Å². The Bertz CT molecular complexity index is 782. The second kappa shape index (κ2) is 8.39. The molecule has 2 heterocycles. The number of likely N-dealkylation sites (tertiary alicyclic amines) is 1. The summed E-state index contributed by atoms with van der Waals surface area (Å²) in [7, 11) is 1.52. The van der Waals surface area contributed by atoms with Crippen molar-refractivity contribution in [2.75, 3.05) is 19.0 Å². The van der Waals surface area contributed by atoms with Gasteiger partial charge in [0, 0.05) is 37.2 Å². The second-order valence-corrected chi connectivity index (χ2v) is 6.36. The summed E-state index contributed by atoms with van der Waals surface area (Å²) in [5, 5.41) is 16.3. The molecular weight excluding hydrogens is 330 g/mol. The van der Waals surface area contributed by atoms with E-state index < -0.39 is 0 Å². The van der Waals surface area contributed by atoms with Crippen LogP contribution in [0.4, 0.5) is 10.5 Å². The van der Waals surface area contributed by atoms with Crippen molar-refractivity contribution in [1.82, 2.24) is 14.7 Å². The summed E-state index contributed by atoms with van der Waals surface area (Å²) in [6.07, 6.45) is 7.73. The molecule has 2 amide bonds. The molecule has 1 atom stereocenters. The molecule has 1 unspecified atom stereocenters. The van der Waals surface area contributed by atoms with Gasteiger partial charge in [-0.05, 0) is 49.9 Å². The summed E-state index contributed by atoms with van der Waals surface area (Å²) < 4.78 is 7.04. The molecule has 0 saturated carbocycles. The number of nitrogens with one attached hydrogen (secondary N) is 1. The van der Waals surface area contributed by atoms with E-state index in [1.165, 1.54) is 7.11 Å². The SMILES string of the molecule is COc1ccc(NC(=O)N2CCCCC2CCn2cccn2)cc1C#N. The van der Waals surface area contributed by atoms with E-state index in [2.05, 4.69) is 16.5 Å². The van der Waals surface area contributed by atoms with E-state index in [0.29, 0.717) is 17.0 Å². The van der Waals surface area contributed by atoms with E-state index in [0.717, 1.165) is 38.8 Å². The summed E-state index contributed by atoms with van der Waals surface area (Å²) in [5.41, 5.74) is 1.00. The summed E-state index contributed by atoms with van der Waals surface area (Å²) >= 11 is 0. The molecule has 2 aromatic rings. The molecule has 1 N–H and O–H groups in total. The predicted molar refractivity (Wildman–Crippen MR) is 97.9 cm³/mol. The number of ether oxygens (including phenoxy) is 1. The van der Waals surface area contributed by atoms with Crippen molar-refractivity contribution < 1.29 is 9.53 Å². The highest BCUT2D eigenvalue weighted by molar-refractivity contribution is 5.90. The molecule has 0 bridgehead atoms. The van der Waals surface area contributed by atoms with Crippen molar-refractivity contribution in [3.63, 3.8) is 0 Å². The van der Waals surface area contributed by atoms with Gasteiger partial charge >= 0.3 is 6.03 Å². The maximum atomic E-state index is 12.8. The monoisotopic (exact) mass is 353 g/mol. The fourth-order valence-electron chi connectivity index (χ4n) is 3.35. The fraction of sp³-hybridized carbons (Fsp3) is 0.421. The lowest BCUT2D eigenvalue weighted by Gasteiger charge is -2.35. The highest BCUT2D eigenvalue weighted by Gasteiger charge is 2.26. The number of carbonyl (C=O) groups is 1.